The van der Waals surface area contributed by atoms with Crippen molar-refractivity contribution in [1.29, 1.82) is 0 Å². The number of hydrogen-bond acceptors (Lipinski definition) is 2. The number of benzene rings is 1. The van der Waals surface area contributed by atoms with Crippen LogP contribution in [0.15, 0.2) is 28.7 Å². The average molecular weight is 312 g/mol. The van der Waals surface area contributed by atoms with Gasteiger partial charge >= 0.3 is 0 Å². The van der Waals surface area contributed by atoms with E-state index in [9.17, 15) is 5.11 Å². The Morgan fingerprint density at radius 3 is 2.72 bits per heavy atom. The second-order valence-corrected chi connectivity index (χ2v) is 6.08. The smallest absolute Gasteiger partial charge is 0.0693 e. The molecule has 1 aromatic carbocycles. The quantitative estimate of drug-likeness (QED) is 0.832. The van der Waals surface area contributed by atoms with E-state index in [1.54, 1.807) is 0 Å². The Balaban J connectivity index is 2.02. The zero-order valence-corrected chi connectivity index (χ0v) is 12.5. The largest absolute Gasteiger partial charge is 0.392 e. The lowest BCUT2D eigenvalue weighted by Gasteiger charge is -2.26. The third-order valence-corrected chi connectivity index (χ3v) is 4.54. The molecule has 2 unspecified atom stereocenters. The molecule has 2 rings (SSSR count). The molecule has 0 amide bonds. The molecule has 1 aromatic rings. The predicted molar refractivity (Wildman–Crippen MR) is 78.6 cm³/mol. The van der Waals surface area contributed by atoms with Gasteiger partial charge < -0.3 is 10.4 Å². The number of halogens is 1. The van der Waals surface area contributed by atoms with Gasteiger partial charge in [0.05, 0.1) is 6.10 Å². The van der Waals surface area contributed by atoms with E-state index in [-0.39, 0.29) is 18.2 Å². The molecule has 3 heteroatoms. The minimum Gasteiger partial charge on any atom is -0.392 e. The van der Waals surface area contributed by atoms with Crippen molar-refractivity contribution in [3.63, 3.8) is 0 Å². The van der Waals surface area contributed by atoms with E-state index in [4.69, 9.17) is 0 Å². The first kappa shape index (κ1) is 14.0. The van der Waals surface area contributed by atoms with Gasteiger partial charge in [0.15, 0.2) is 0 Å². The number of nitrogens with one attached hydrogen (secondary N) is 1. The number of hydrogen-bond donors (Lipinski definition) is 2. The lowest BCUT2D eigenvalue weighted by Crippen LogP contribution is -2.40. The molecular formula is C15H22BrNO. The fraction of sp³-hybridized carbons (Fsp3) is 0.600. The van der Waals surface area contributed by atoms with Crippen LogP contribution < -0.4 is 5.32 Å². The van der Waals surface area contributed by atoms with Crippen LogP contribution in [0.2, 0.25) is 0 Å². The monoisotopic (exact) mass is 311 g/mol. The van der Waals surface area contributed by atoms with Gasteiger partial charge in [-0.2, -0.15) is 0 Å². The van der Waals surface area contributed by atoms with E-state index in [2.05, 4.69) is 46.4 Å². The lowest BCUT2D eigenvalue weighted by molar-refractivity contribution is 0.115. The Morgan fingerprint density at radius 1 is 1.22 bits per heavy atom. The summed E-state index contributed by atoms with van der Waals surface area (Å²) >= 11 is 3.59. The normalized spacial score (nSPS) is 26.6. The Labute approximate surface area is 118 Å². The van der Waals surface area contributed by atoms with Gasteiger partial charge in [-0.25, -0.2) is 0 Å². The summed E-state index contributed by atoms with van der Waals surface area (Å²) in [4.78, 5) is 0. The van der Waals surface area contributed by atoms with Gasteiger partial charge in [0.25, 0.3) is 0 Å². The molecule has 1 aliphatic rings. The summed E-state index contributed by atoms with van der Waals surface area (Å²) in [6.45, 7) is 2.16. The van der Waals surface area contributed by atoms with E-state index in [0.29, 0.717) is 0 Å². The maximum Gasteiger partial charge on any atom is 0.0693 e. The maximum atomic E-state index is 10.1. The molecular weight excluding hydrogens is 290 g/mol. The van der Waals surface area contributed by atoms with Gasteiger partial charge in [-0.15, -0.1) is 0 Å². The van der Waals surface area contributed by atoms with Crippen molar-refractivity contribution in [1.82, 2.24) is 5.32 Å². The SMILES string of the molecule is C[C@H](NC1CCCCCC1O)c1ccccc1Br. The molecule has 0 aromatic heterocycles. The Hall–Kier alpha value is -0.380. The molecule has 0 bridgehead atoms. The Morgan fingerprint density at radius 2 is 1.94 bits per heavy atom. The molecule has 0 spiro atoms. The summed E-state index contributed by atoms with van der Waals surface area (Å²) in [5, 5.41) is 13.7. The van der Waals surface area contributed by atoms with Crippen molar-refractivity contribution in [3.05, 3.63) is 34.3 Å². The average Bonchev–Trinajstić information content (AvgIpc) is 2.55. The highest BCUT2D eigenvalue weighted by Gasteiger charge is 2.23. The second-order valence-electron chi connectivity index (χ2n) is 5.22. The van der Waals surface area contributed by atoms with Crippen LogP contribution >= 0.6 is 15.9 Å². The number of aliphatic hydroxyl groups is 1. The lowest BCUT2D eigenvalue weighted by atomic mass is 10.0. The van der Waals surface area contributed by atoms with Crippen LogP contribution in [-0.2, 0) is 0 Å². The first-order valence-electron chi connectivity index (χ1n) is 6.87. The van der Waals surface area contributed by atoms with Crippen molar-refractivity contribution in [2.75, 3.05) is 0 Å². The standard InChI is InChI=1S/C15H22BrNO/c1-11(12-7-5-6-8-13(12)16)17-14-9-3-2-4-10-15(14)18/h5-8,11,14-15,17-18H,2-4,9-10H2,1H3/t11-,14?,15?/m0/s1. The van der Waals surface area contributed by atoms with E-state index in [1.807, 2.05) is 6.07 Å². The van der Waals surface area contributed by atoms with Gasteiger partial charge in [0.2, 0.25) is 0 Å². The fourth-order valence-electron chi connectivity index (χ4n) is 2.72. The summed E-state index contributed by atoms with van der Waals surface area (Å²) in [5.41, 5.74) is 1.26. The van der Waals surface area contributed by atoms with Crippen LogP contribution in [0.4, 0.5) is 0 Å². The fourth-order valence-corrected chi connectivity index (χ4v) is 3.35. The Kier molecular flexibility index (Phi) is 5.22. The highest BCUT2D eigenvalue weighted by Crippen LogP contribution is 2.25. The molecule has 2 nitrogen and oxygen atoms in total. The third-order valence-electron chi connectivity index (χ3n) is 3.82. The number of rotatable bonds is 3. The van der Waals surface area contributed by atoms with Crippen molar-refractivity contribution in [2.45, 2.75) is 57.2 Å². The number of aliphatic hydroxyl groups excluding tert-OH is 1. The first-order chi connectivity index (χ1) is 8.68. The molecule has 1 fully saturated rings. The van der Waals surface area contributed by atoms with Crippen LogP contribution in [0.25, 0.3) is 0 Å². The Bertz CT molecular complexity index is 383. The van der Waals surface area contributed by atoms with E-state index in [0.717, 1.165) is 23.7 Å². The summed E-state index contributed by atoms with van der Waals surface area (Å²) in [6, 6.07) is 8.78. The maximum absolute atomic E-state index is 10.1. The van der Waals surface area contributed by atoms with E-state index >= 15 is 0 Å². The molecule has 3 atom stereocenters. The topological polar surface area (TPSA) is 32.3 Å². The molecule has 100 valence electrons. The van der Waals surface area contributed by atoms with Crippen LogP contribution in [0, 0.1) is 0 Å². The minimum atomic E-state index is -0.197. The molecule has 0 radical (unpaired) electrons. The van der Waals surface area contributed by atoms with Gasteiger partial charge in [0.1, 0.15) is 0 Å². The molecule has 0 heterocycles. The van der Waals surface area contributed by atoms with E-state index < -0.39 is 0 Å². The van der Waals surface area contributed by atoms with Crippen LogP contribution in [0.1, 0.15) is 50.6 Å². The molecule has 0 saturated heterocycles. The van der Waals surface area contributed by atoms with Crippen LogP contribution in [-0.4, -0.2) is 17.3 Å². The van der Waals surface area contributed by atoms with Crippen molar-refractivity contribution in [2.24, 2.45) is 0 Å². The molecule has 0 aliphatic heterocycles. The second kappa shape index (κ2) is 6.69. The molecule has 2 N–H and O–H groups in total. The summed E-state index contributed by atoms with van der Waals surface area (Å²) in [6.07, 6.45) is 5.44. The predicted octanol–water partition coefficient (Wildman–Crippen LogP) is 3.79. The summed E-state index contributed by atoms with van der Waals surface area (Å²) in [5.74, 6) is 0. The zero-order chi connectivity index (χ0) is 13.0. The minimum absolute atomic E-state index is 0.197. The summed E-state index contributed by atoms with van der Waals surface area (Å²) in [7, 11) is 0. The highest BCUT2D eigenvalue weighted by molar-refractivity contribution is 9.10. The highest BCUT2D eigenvalue weighted by atomic mass is 79.9. The van der Waals surface area contributed by atoms with Crippen molar-refractivity contribution < 1.29 is 5.11 Å². The van der Waals surface area contributed by atoms with Crippen LogP contribution in [0.5, 0.6) is 0 Å². The third kappa shape index (κ3) is 3.56. The first-order valence-corrected chi connectivity index (χ1v) is 7.66. The summed E-state index contributed by atoms with van der Waals surface area (Å²) < 4.78 is 1.13. The van der Waals surface area contributed by atoms with Gasteiger partial charge in [-0.3, -0.25) is 0 Å². The molecule has 18 heavy (non-hydrogen) atoms. The van der Waals surface area contributed by atoms with E-state index in [1.165, 1.54) is 18.4 Å². The zero-order valence-electron chi connectivity index (χ0n) is 10.9. The van der Waals surface area contributed by atoms with Gasteiger partial charge in [-0.05, 0) is 31.4 Å². The molecule has 1 saturated carbocycles. The molecule has 1 aliphatic carbocycles. The van der Waals surface area contributed by atoms with Crippen LogP contribution in [0.3, 0.4) is 0 Å². The van der Waals surface area contributed by atoms with Crippen molar-refractivity contribution in [3.8, 4) is 0 Å². The van der Waals surface area contributed by atoms with Crippen molar-refractivity contribution >= 4 is 15.9 Å². The van der Waals surface area contributed by atoms with Gasteiger partial charge in [-0.1, -0.05) is 53.4 Å². The van der Waals surface area contributed by atoms with Gasteiger partial charge in [0, 0.05) is 16.6 Å².